The Morgan fingerprint density at radius 3 is 2.30 bits per heavy atom. The normalized spacial score (nSPS) is 12.6. The van der Waals surface area contributed by atoms with Gasteiger partial charge in [-0.25, -0.2) is 0 Å². The van der Waals surface area contributed by atoms with Crippen molar-refractivity contribution < 1.29 is 0 Å². The van der Waals surface area contributed by atoms with Crippen LogP contribution in [0, 0.1) is 0 Å². The largest absolute Gasteiger partial charge is 0.311 e. The first-order valence-electron chi connectivity index (χ1n) is 6.84. The Labute approximate surface area is 126 Å². The fourth-order valence-corrected chi connectivity index (χ4v) is 2.46. The summed E-state index contributed by atoms with van der Waals surface area (Å²) in [6.07, 6.45) is 0. The minimum absolute atomic E-state index is 0.360. The van der Waals surface area contributed by atoms with Crippen molar-refractivity contribution in [2.75, 3.05) is 20.6 Å². The monoisotopic (exact) mass is 288 g/mol. The zero-order valence-electron chi connectivity index (χ0n) is 12.0. The molecule has 0 saturated carbocycles. The number of rotatable bonds is 6. The molecule has 2 aromatic carbocycles. The van der Waals surface area contributed by atoms with Crippen molar-refractivity contribution >= 4 is 11.6 Å². The van der Waals surface area contributed by atoms with Crippen molar-refractivity contribution in [2.45, 2.75) is 12.6 Å². The number of hydrogen-bond acceptors (Lipinski definition) is 2. The summed E-state index contributed by atoms with van der Waals surface area (Å²) in [6.45, 7) is 1.68. The average molecular weight is 289 g/mol. The van der Waals surface area contributed by atoms with E-state index in [1.807, 2.05) is 24.3 Å². The van der Waals surface area contributed by atoms with Crippen LogP contribution in [0.3, 0.4) is 0 Å². The molecule has 0 aliphatic rings. The van der Waals surface area contributed by atoms with E-state index in [1.165, 1.54) is 5.56 Å². The first kappa shape index (κ1) is 15.0. The Hall–Kier alpha value is -1.35. The van der Waals surface area contributed by atoms with Gasteiger partial charge in [-0.05, 0) is 31.3 Å². The van der Waals surface area contributed by atoms with Crippen molar-refractivity contribution in [1.29, 1.82) is 0 Å². The van der Waals surface area contributed by atoms with Crippen LogP contribution in [0.2, 0.25) is 5.02 Å². The molecule has 1 unspecified atom stereocenters. The standard InChI is InChI=1S/C17H21ClN2/c1-20(2)17(14-8-4-3-5-9-14)13-19-12-15-10-6-7-11-16(15)18/h3-11,17,19H,12-13H2,1-2H3. The number of benzene rings is 2. The zero-order chi connectivity index (χ0) is 14.4. The molecule has 2 rings (SSSR count). The Morgan fingerprint density at radius 1 is 1.00 bits per heavy atom. The SMILES string of the molecule is CN(C)C(CNCc1ccccc1Cl)c1ccccc1. The molecule has 2 nitrogen and oxygen atoms in total. The molecule has 2 aromatic rings. The van der Waals surface area contributed by atoms with Gasteiger partial charge in [0.05, 0.1) is 0 Å². The second-order valence-corrected chi connectivity index (χ2v) is 5.52. The number of likely N-dealkylation sites (N-methyl/N-ethyl adjacent to an activating group) is 1. The van der Waals surface area contributed by atoms with Gasteiger partial charge < -0.3 is 10.2 Å². The molecule has 0 aliphatic carbocycles. The topological polar surface area (TPSA) is 15.3 Å². The van der Waals surface area contributed by atoms with Gasteiger partial charge in [0.1, 0.15) is 0 Å². The number of hydrogen-bond donors (Lipinski definition) is 1. The van der Waals surface area contributed by atoms with Gasteiger partial charge in [0.15, 0.2) is 0 Å². The molecule has 20 heavy (non-hydrogen) atoms. The van der Waals surface area contributed by atoms with Crippen molar-refractivity contribution in [1.82, 2.24) is 10.2 Å². The van der Waals surface area contributed by atoms with Gasteiger partial charge in [0, 0.05) is 24.2 Å². The number of halogens is 1. The third-order valence-electron chi connectivity index (χ3n) is 3.42. The van der Waals surface area contributed by atoms with Gasteiger partial charge in [-0.2, -0.15) is 0 Å². The molecule has 0 saturated heterocycles. The van der Waals surface area contributed by atoms with Crippen molar-refractivity contribution in [2.24, 2.45) is 0 Å². The molecule has 1 N–H and O–H groups in total. The molecule has 0 aliphatic heterocycles. The van der Waals surface area contributed by atoms with Gasteiger partial charge in [-0.1, -0.05) is 60.1 Å². The van der Waals surface area contributed by atoms with Crippen molar-refractivity contribution in [3.63, 3.8) is 0 Å². The minimum atomic E-state index is 0.360. The quantitative estimate of drug-likeness (QED) is 0.871. The van der Waals surface area contributed by atoms with E-state index in [0.29, 0.717) is 6.04 Å². The summed E-state index contributed by atoms with van der Waals surface area (Å²) in [5.41, 5.74) is 2.46. The van der Waals surface area contributed by atoms with Crippen LogP contribution in [-0.2, 0) is 6.54 Å². The van der Waals surface area contributed by atoms with Gasteiger partial charge in [0.2, 0.25) is 0 Å². The van der Waals surface area contributed by atoms with E-state index in [0.717, 1.165) is 23.7 Å². The van der Waals surface area contributed by atoms with Crippen LogP contribution in [0.5, 0.6) is 0 Å². The molecule has 0 spiro atoms. The highest BCUT2D eigenvalue weighted by molar-refractivity contribution is 6.31. The molecule has 0 fully saturated rings. The maximum atomic E-state index is 6.17. The number of nitrogens with zero attached hydrogens (tertiary/aromatic N) is 1. The van der Waals surface area contributed by atoms with Crippen molar-refractivity contribution in [3.05, 3.63) is 70.7 Å². The smallest absolute Gasteiger partial charge is 0.0466 e. The van der Waals surface area contributed by atoms with Crippen LogP contribution in [0.25, 0.3) is 0 Å². The second kappa shape index (κ2) is 7.44. The average Bonchev–Trinajstić information content (AvgIpc) is 2.46. The molecule has 106 valence electrons. The molecule has 3 heteroatoms. The van der Waals surface area contributed by atoms with Gasteiger partial charge in [-0.15, -0.1) is 0 Å². The predicted molar refractivity (Wildman–Crippen MR) is 86.0 cm³/mol. The Bertz CT molecular complexity index is 526. The van der Waals surface area contributed by atoms with Crippen LogP contribution >= 0.6 is 11.6 Å². The summed E-state index contributed by atoms with van der Waals surface area (Å²) in [5.74, 6) is 0. The fourth-order valence-electron chi connectivity index (χ4n) is 2.26. The summed E-state index contributed by atoms with van der Waals surface area (Å²) in [6, 6.07) is 18.9. The maximum absolute atomic E-state index is 6.17. The first-order chi connectivity index (χ1) is 9.68. The lowest BCUT2D eigenvalue weighted by Crippen LogP contribution is -2.30. The molecule has 0 amide bonds. The van der Waals surface area contributed by atoms with E-state index in [2.05, 4.69) is 54.6 Å². The summed E-state index contributed by atoms with van der Waals surface area (Å²) in [5, 5.41) is 4.32. The molecular formula is C17H21ClN2. The van der Waals surface area contributed by atoms with Gasteiger partial charge in [-0.3, -0.25) is 0 Å². The lowest BCUT2D eigenvalue weighted by molar-refractivity contribution is 0.288. The van der Waals surface area contributed by atoms with Crippen molar-refractivity contribution in [3.8, 4) is 0 Å². The van der Waals surface area contributed by atoms with Crippen LogP contribution < -0.4 is 5.32 Å². The van der Waals surface area contributed by atoms with E-state index >= 15 is 0 Å². The van der Waals surface area contributed by atoms with Crippen LogP contribution in [0.15, 0.2) is 54.6 Å². The lowest BCUT2D eigenvalue weighted by Gasteiger charge is -2.25. The molecule has 1 atom stereocenters. The highest BCUT2D eigenvalue weighted by atomic mass is 35.5. The highest BCUT2D eigenvalue weighted by Crippen LogP contribution is 2.18. The Morgan fingerprint density at radius 2 is 1.65 bits per heavy atom. The molecule has 0 radical (unpaired) electrons. The van der Waals surface area contributed by atoms with Gasteiger partial charge >= 0.3 is 0 Å². The van der Waals surface area contributed by atoms with Crippen LogP contribution in [0.1, 0.15) is 17.2 Å². The Kier molecular flexibility index (Phi) is 5.60. The van der Waals surface area contributed by atoms with E-state index in [9.17, 15) is 0 Å². The fraction of sp³-hybridized carbons (Fsp3) is 0.294. The summed E-state index contributed by atoms with van der Waals surface area (Å²) >= 11 is 6.17. The van der Waals surface area contributed by atoms with Crippen LogP contribution in [0.4, 0.5) is 0 Å². The molecule has 0 heterocycles. The van der Waals surface area contributed by atoms with Crippen LogP contribution in [-0.4, -0.2) is 25.5 Å². The Balaban J connectivity index is 1.95. The molecule has 0 bridgehead atoms. The third kappa shape index (κ3) is 4.07. The zero-order valence-corrected chi connectivity index (χ0v) is 12.8. The highest BCUT2D eigenvalue weighted by Gasteiger charge is 2.13. The van der Waals surface area contributed by atoms with E-state index < -0.39 is 0 Å². The maximum Gasteiger partial charge on any atom is 0.0466 e. The summed E-state index contributed by atoms with van der Waals surface area (Å²) in [4.78, 5) is 2.23. The summed E-state index contributed by atoms with van der Waals surface area (Å²) in [7, 11) is 4.21. The predicted octanol–water partition coefficient (Wildman–Crippen LogP) is 3.73. The van der Waals surface area contributed by atoms with E-state index in [-0.39, 0.29) is 0 Å². The summed E-state index contributed by atoms with van der Waals surface area (Å²) < 4.78 is 0. The lowest BCUT2D eigenvalue weighted by atomic mass is 10.1. The second-order valence-electron chi connectivity index (χ2n) is 5.11. The van der Waals surface area contributed by atoms with Gasteiger partial charge in [0.25, 0.3) is 0 Å². The minimum Gasteiger partial charge on any atom is -0.311 e. The molecular weight excluding hydrogens is 268 g/mol. The first-order valence-corrected chi connectivity index (χ1v) is 7.22. The van der Waals surface area contributed by atoms with E-state index in [4.69, 9.17) is 11.6 Å². The third-order valence-corrected chi connectivity index (χ3v) is 3.79. The number of nitrogens with one attached hydrogen (secondary N) is 1. The molecule has 0 aromatic heterocycles. The van der Waals surface area contributed by atoms with E-state index in [1.54, 1.807) is 0 Å².